The summed E-state index contributed by atoms with van der Waals surface area (Å²) in [5.41, 5.74) is 2.92. The van der Waals surface area contributed by atoms with Crippen molar-refractivity contribution in [2.24, 2.45) is 4.99 Å². The second kappa shape index (κ2) is 10.1. The van der Waals surface area contributed by atoms with Crippen LogP contribution in [-0.2, 0) is 0 Å². The fraction of sp³-hybridized carbons (Fsp3) is 0. The van der Waals surface area contributed by atoms with Gasteiger partial charge >= 0.3 is 0 Å². The molecule has 1 N–H and O–H groups in total. The lowest BCUT2D eigenvalue weighted by Crippen LogP contribution is -1.93. The molecule has 0 fully saturated rings. The van der Waals surface area contributed by atoms with Crippen LogP contribution in [0.15, 0.2) is 105 Å². The van der Waals surface area contributed by atoms with Crippen LogP contribution in [0.1, 0.15) is 11.1 Å². The van der Waals surface area contributed by atoms with Crippen molar-refractivity contribution in [1.29, 1.82) is 5.26 Å². The number of aliphatic imine (C=N–C) groups is 1. The number of benzene rings is 3. The number of hydrogen-bond acceptors (Lipinski definition) is 8. The Bertz CT molecular complexity index is 1590. The van der Waals surface area contributed by atoms with Crippen molar-refractivity contribution in [1.82, 2.24) is 15.2 Å². The summed E-state index contributed by atoms with van der Waals surface area (Å²) in [6.45, 7) is 0. The maximum absolute atomic E-state index is 11.7. The van der Waals surface area contributed by atoms with Crippen LogP contribution in [0.25, 0.3) is 22.5 Å². The van der Waals surface area contributed by atoms with Crippen molar-refractivity contribution in [2.75, 3.05) is 0 Å². The summed E-state index contributed by atoms with van der Waals surface area (Å²) in [4.78, 5) is 20.0. The first-order valence-electron chi connectivity index (χ1n) is 10.7. The topological polar surface area (TPSA) is 134 Å². The molecule has 0 radical (unpaired) electrons. The Morgan fingerprint density at radius 2 is 1.78 bits per heavy atom. The predicted octanol–water partition coefficient (Wildman–Crippen LogP) is 6.41. The Labute approximate surface area is 209 Å². The summed E-state index contributed by atoms with van der Waals surface area (Å²) in [6.07, 6.45) is 2.78. The minimum atomic E-state index is -0.468. The van der Waals surface area contributed by atoms with E-state index in [-0.39, 0.29) is 17.1 Å². The molecular weight excluding hydrogens is 476 g/mol. The Morgan fingerprint density at radius 3 is 2.42 bits per heavy atom. The fourth-order valence-corrected chi connectivity index (χ4v) is 4.39. The molecule has 2 heterocycles. The van der Waals surface area contributed by atoms with E-state index in [9.17, 15) is 15.4 Å². The van der Waals surface area contributed by atoms with Gasteiger partial charge in [-0.25, -0.2) is 9.98 Å². The largest absolute Gasteiger partial charge is 0.436 e. The molecule has 0 atom stereocenters. The Morgan fingerprint density at radius 1 is 1.06 bits per heavy atom. The third-order valence-corrected chi connectivity index (χ3v) is 6.17. The molecule has 36 heavy (non-hydrogen) atoms. The van der Waals surface area contributed by atoms with Gasteiger partial charge in [0.15, 0.2) is 5.16 Å². The van der Waals surface area contributed by atoms with E-state index in [1.165, 1.54) is 18.6 Å². The lowest BCUT2D eigenvalue weighted by molar-refractivity contribution is -0.387. The van der Waals surface area contributed by atoms with Crippen molar-refractivity contribution < 1.29 is 9.34 Å². The third kappa shape index (κ3) is 4.64. The summed E-state index contributed by atoms with van der Waals surface area (Å²) in [5.74, 6) is 0.647. The molecule has 9 nitrogen and oxygen atoms in total. The van der Waals surface area contributed by atoms with Crippen LogP contribution in [0.4, 0.5) is 11.6 Å². The van der Waals surface area contributed by atoms with E-state index in [1.54, 1.807) is 12.1 Å². The van der Waals surface area contributed by atoms with Gasteiger partial charge in [-0.2, -0.15) is 10.4 Å². The van der Waals surface area contributed by atoms with Gasteiger partial charge in [-0.3, -0.25) is 15.2 Å². The summed E-state index contributed by atoms with van der Waals surface area (Å²) in [6, 6.07) is 25.9. The monoisotopic (exact) mass is 492 g/mol. The van der Waals surface area contributed by atoms with Crippen LogP contribution >= 0.6 is 11.8 Å². The number of aromatic amines is 1. The Balaban J connectivity index is 1.56. The number of hydrogen-bond donors (Lipinski definition) is 1. The van der Waals surface area contributed by atoms with Crippen LogP contribution in [0, 0.1) is 21.4 Å². The molecule has 5 rings (SSSR count). The van der Waals surface area contributed by atoms with E-state index in [4.69, 9.17) is 4.42 Å². The molecule has 0 aliphatic rings. The van der Waals surface area contributed by atoms with Gasteiger partial charge in [0.25, 0.3) is 5.69 Å². The molecule has 0 aliphatic heterocycles. The van der Waals surface area contributed by atoms with E-state index in [1.807, 2.05) is 60.7 Å². The molecule has 0 saturated carbocycles. The lowest BCUT2D eigenvalue weighted by Gasteiger charge is -2.03. The molecule has 0 amide bonds. The predicted molar refractivity (Wildman–Crippen MR) is 135 cm³/mol. The molecule has 0 saturated heterocycles. The maximum Gasteiger partial charge on any atom is 0.283 e. The van der Waals surface area contributed by atoms with Gasteiger partial charge in [0, 0.05) is 23.4 Å². The number of aromatic nitrogens is 3. The molecule has 3 aromatic carbocycles. The van der Waals surface area contributed by atoms with Crippen LogP contribution < -0.4 is 0 Å². The highest BCUT2D eigenvalue weighted by Gasteiger charge is 2.23. The summed E-state index contributed by atoms with van der Waals surface area (Å²) >= 11 is 1.10. The molecular formula is C26H16N6O3S. The summed E-state index contributed by atoms with van der Waals surface area (Å²) in [7, 11) is 0. The van der Waals surface area contributed by atoms with Crippen molar-refractivity contribution >= 4 is 29.5 Å². The third-order valence-electron chi connectivity index (χ3n) is 5.21. The number of nitrogens with zero attached hydrogens (tertiary/aromatic N) is 5. The highest BCUT2D eigenvalue weighted by atomic mass is 32.2. The smallest absolute Gasteiger partial charge is 0.283 e. The van der Waals surface area contributed by atoms with Crippen LogP contribution in [0.2, 0.25) is 0 Å². The molecule has 10 heteroatoms. The molecule has 174 valence electrons. The number of nitrogens with one attached hydrogen (secondary N) is 1. The zero-order chi connectivity index (χ0) is 24.9. The second-order valence-electron chi connectivity index (χ2n) is 7.47. The number of nitro benzene ring substituents is 1. The van der Waals surface area contributed by atoms with Gasteiger partial charge in [-0.15, -0.1) is 0 Å². The second-order valence-corrected chi connectivity index (χ2v) is 8.50. The van der Waals surface area contributed by atoms with Crippen LogP contribution in [0.3, 0.4) is 0 Å². The number of H-pyrrole nitrogens is 1. The van der Waals surface area contributed by atoms with Crippen molar-refractivity contribution in [3.63, 3.8) is 0 Å². The van der Waals surface area contributed by atoms with Crippen molar-refractivity contribution in [3.8, 4) is 28.5 Å². The van der Waals surface area contributed by atoms with E-state index < -0.39 is 4.92 Å². The van der Waals surface area contributed by atoms with Gasteiger partial charge in [-0.05, 0) is 29.0 Å². The fourth-order valence-electron chi connectivity index (χ4n) is 3.61. The Hall–Kier alpha value is -5.01. The highest BCUT2D eigenvalue weighted by Crippen LogP contribution is 2.42. The van der Waals surface area contributed by atoms with E-state index >= 15 is 0 Å². The zero-order valence-electron chi connectivity index (χ0n) is 18.5. The van der Waals surface area contributed by atoms with Gasteiger partial charge in [0.05, 0.1) is 9.82 Å². The highest BCUT2D eigenvalue weighted by molar-refractivity contribution is 7.99. The number of nitriles is 1. The van der Waals surface area contributed by atoms with Gasteiger partial charge < -0.3 is 4.42 Å². The first-order chi connectivity index (χ1) is 17.6. The van der Waals surface area contributed by atoms with Gasteiger partial charge in [0.2, 0.25) is 5.88 Å². The number of rotatable bonds is 7. The van der Waals surface area contributed by atoms with Crippen LogP contribution in [0.5, 0.6) is 0 Å². The van der Waals surface area contributed by atoms with Crippen LogP contribution in [-0.4, -0.2) is 26.3 Å². The number of furan rings is 1. The van der Waals surface area contributed by atoms with E-state index in [2.05, 4.69) is 26.2 Å². The standard InChI is InChI=1S/C26H16N6O3S/c27-14-20-23(18-7-3-1-4-8-18)24(19-9-5-2-6-10-19)35-25(20)28-15-17-11-12-22(21(13-17)32(33)34)36-26-29-16-30-31-26/h1-13,15-16H,(H,29,30,31). The van der Waals surface area contributed by atoms with Crippen molar-refractivity contribution in [2.45, 2.75) is 10.1 Å². The quantitative estimate of drug-likeness (QED) is 0.157. The normalized spacial score (nSPS) is 11.0. The minimum Gasteiger partial charge on any atom is -0.436 e. The van der Waals surface area contributed by atoms with Crippen molar-refractivity contribution in [3.05, 3.63) is 106 Å². The first-order valence-corrected chi connectivity index (χ1v) is 11.5. The SMILES string of the molecule is N#Cc1c(N=Cc2ccc(Sc3ncn[nH]3)c([N+](=O)[O-])c2)oc(-c2ccccc2)c1-c1ccccc1. The average Bonchev–Trinajstić information content (AvgIpc) is 3.56. The zero-order valence-corrected chi connectivity index (χ0v) is 19.3. The summed E-state index contributed by atoms with van der Waals surface area (Å²) < 4.78 is 6.09. The molecule has 0 unspecified atom stereocenters. The average molecular weight is 493 g/mol. The number of nitro groups is 1. The Kier molecular flexibility index (Phi) is 6.38. The van der Waals surface area contributed by atoms with E-state index in [0.29, 0.717) is 26.9 Å². The minimum absolute atomic E-state index is 0.102. The van der Waals surface area contributed by atoms with E-state index in [0.717, 1.165) is 22.9 Å². The molecule has 2 aromatic heterocycles. The first kappa shape index (κ1) is 22.8. The molecule has 0 bridgehead atoms. The summed E-state index contributed by atoms with van der Waals surface area (Å²) in [5, 5.41) is 28.6. The lowest BCUT2D eigenvalue weighted by atomic mass is 9.98. The van der Waals surface area contributed by atoms with Gasteiger partial charge in [0.1, 0.15) is 23.7 Å². The molecule has 0 aliphatic carbocycles. The molecule has 5 aromatic rings. The van der Waals surface area contributed by atoms with Gasteiger partial charge in [-0.1, -0.05) is 66.7 Å². The maximum atomic E-state index is 11.7. The molecule has 0 spiro atoms.